The fourth-order valence-electron chi connectivity index (χ4n) is 2.84. The molecule has 0 saturated carbocycles. The third kappa shape index (κ3) is 2.04. The van der Waals surface area contributed by atoms with E-state index in [1.807, 2.05) is 11.3 Å². The summed E-state index contributed by atoms with van der Waals surface area (Å²) in [6, 6.07) is 23.8. The molecular formula is C19H15NS. The highest BCUT2D eigenvalue weighted by Gasteiger charge is 2.10. The molecule has 1 heterocycles. The Morgan fingerprint density at radius 2 is 1.52 bits per heavy atom. The second kappa shape index (κ2) is 4.99. The van der Waals surface area contributed by atoms with Crippen molar-refractivity contribution < 1.29 is 0 Å². The molecule has 102 valence electrons. The highest BCUT2D eigenvalue weighted by atomic mass is 32.1. The highest BCUT2D eigenvalue weighted by molar-refractivity contribution is 7.25. The number of rotatable bonds is 2. The molecule has 2 heteroatoms. The van der Waals surface area contributed by atoms with Crippen LogP contribution in [0.4, 0.5) is 0 Å². The summed E-state index contributed by atoms with van der Waals surface area (Å²) >= 11 is 1.86. The molecule has 0 aliphatic carbocycles. The van der Waals surface area contributed by atoms with Crippen LogP contribution in [0.15, 0.2) is 66.7 Å². The Hall–Kier alpha value is -2.16. The molecule has 0 saturated heterocycles. The number of hydrogen-bond acceptors (Lipinski definition) is 2. The predicted octanol–water partition coefficient (Wildman–Crippen LogP) is 5.18. The Bertz CT molecular complexity index is 919. The van der Waals surface area contributed by atoms with Gasteiger partial charge in [0.15, 0.2) is 0 Å². The average Bonchev–Trinajstić information content (AvgIpc) is 2.93. The molecule has 21 heavy (non-hydrogen) atoms. The van der Waals surface area contributed by atoms with Gasteiger partial charge < -0.3 is 5.73 Å². The fraction of sp³-hybridized carbons (Fsp3) is 0.0526. The number of benzene rings is 3. The van der Waals surface area contributed by atoms with Crippen molar-refractivity contribution >= 4 is 31.5 Å². The van der Waals surface area contributed by atoms with Crippen LogP contribution in [-0.4, -0.2) is 0 Å². The molecule has 0 fully saturated rings. The van der Waals surface area contributed by atoms with Gasteiger partial charge in [-0.1, -0.05) is 54.6 Å². The van der Waals surface area contributed by atoms with Crippen molar-refractivity contribution in [3.63, 3.8) is 0 Å². The molecule has 0 amide bonds. The van der Waals surface area contributed by atoms with Crippen LogP contribution in [0, 0.1) is 0 Å². The first kappa shape index (κ1) is 12.6. The maximum Gasteiger partial charge on any atom is 0.0361 e. The summed E-state index contributed by atoms with van der Waals surface area (Å²) in [6.07, 6.45) is 0. The van der Waals surface area contributed by atoms with Crippen LogP contribution in [0.25, 0.3) is 31.3 Å². The van der Waals surface area contributed by atoms with Gasteiger partial charge in [-0.05, 0) is 28.8 Å². The lowest BCUT2D eigenvalue weighted by Crippen LogP contribution is -1.95. The SMILES string of the molecule is NCc1ccc(-c2cccc3sc4ccccc4c23)cc1. The van der Waals surface area contributed by atoms with Crippen molar-refractivity contribution in [1.29, 1.82) is 0 Å². The highest BCUT2D eigenvalue weighted by Crippen LogP contribution is 2.39. The Balaban J connectivity index is 2.03. The molecule has 0 aliphatic rings. The molecule has 1 nitrogen and oxygen atoms in total. The normalized spacial score (nSPS) is 11.3. The maximum absolute atomic E-state index is 5.69. The van der Waals surface area contributed by atoms with Crippen LogP contribution in [-0.2, 0) is 6.54 Å². The Labute approximate surface area is 127 Å². The third-order valence-electron chi connectivity index (χ3n) is 3.90. The molecule has 0 radical (unpaired) electrons. The predicted molar refractivity (Wildman–Crippen MR) is 92.7 cm³/mol. The molecule has 0 atom stereocenters. The zero-order chi connectivity index (χ0) is 14.2. The molecule has 2 N–H and O–H groups in total. The summed E-state index contributed by atoms with van der Waals surface area (Å²) in [5.41, 5.74) is 9.41. The van der Waals surface area contributed by atoms with Crippen LogP contribution in [0.1, 0.15) is 5.56 Å². The van der Waals surface area contributed by atoms with Gasteiger partial charge in [-0.3, -0.25) is 0 Å². The van der Waals surface area contributed by atoms with Crippen LogP contribution in [0.2, 0.25) is 0 Å². The molecule has 0 bridgehead atoms. The topological polar surface area (TPSA) is 26.0 Å². The van der Waals surface area contributed by atoms with Crippen LogP contribution >= 0.6 is 11.3 Å². The van der Waals surface area contributed by atoms with E-state index in [9.17, 15) is 0 Å². The number of nitrogens with two attached hydrogens (primary N) is 1. The molecular weight excluding hydrogens is 274 g/mol. The summed E-state index contributed by atoms with van der Waals surface area (Å²) in [5, 5.41) is 2.70. The largest absolute Gasteiger partial charge is 0.326 e. The molecule has 0 spiro atoms. The summed E-state index contributed by atoms with van der Waals surface area (Å²) in [4.78, 5) is 0. The van der Waals surface area contributed by atoms with Gasteiger partial charge in [-0.15, -0.1) is 11.3 Å². The standard InChI is InChI=1S/C19H15NS/c20-12-13-8-10-14(11-9-13)15-5-3-7-18-19(15)16-4-1-2-6-17(16)21-18/h1-11H,12,20H2. The van der Waals surface area contributed by atoms with Gasteiger partial charge in [0.2, 0.25) is 0 Å². The maximum atomic E-state index is 5.69. The number of hydrogen-bond donors (Lipinski definition) is 1. The van der Waals surface area contributed by atoms with E-state index in [-0.39, 0.29) is 0 Å². The Morgan fingerprint density at radius 1 is 0.762 bits per heavy atom. The second-order valence-electron chi connectivity index (χ2n) is 5.18. The molecule has 4 rings (SSSR count). The lowest BCUT2D eigenvalue weighted by atomic mass is 9.98. The van der Waals surface area contributed by atoms with Gasteiger partial charge in [-0.25, -0.2) is 0 Å². The minimum Gasteiger partial charge on any atom is -0.326 e. The van der Waals surface area contributed by atoms with Crippen molar-refractivity contribution in [1.82, 2.24) is 0 Å². The van der Waals surface area contributed by atoms with Gasteiger partial charge >= 0.3 is 0 Å². The Morgan fingerprint density at radius 3 is 2.33 bits per heavy atom. The van der Waals surface area contributed by atoms with Gasteiger partial charge in [0.1, 0.15) is 0 Å². The third-order valence-corrected chi connectivity index (χ3v) is 5.04. The second-order valence-corrected chi connectivity index (χ2v) is 6.26. The molecule has 4 aromatic rings. The van der Waals surface area contributed by atoms with Crippen molar-refractivity contribution in [2.24, 2.45) is 5.73 Å². The van der Waals surface area contributed by atoms with Crippen molar-refractivity contribution in [2.45, 2.75) is 6.54 Å². The van der Waals surface area contributed by atoms with E-state index < -0.39 is 0 Å². The zero-order valence-electron chi connectivity index (χ0n) is 11.5. The lowest BCUT2D eigenvalue weighted by molar-refractivity contribution is 1.07. The van der Waals surface area contributed by atoms with E-state index in [1.165, 1.54) is 36.9 Å². The first-order valence-electron chi connectivity index (χ1n) is 7.06. The van der Waals surface area contributed by atoms with E-state index in [0.29, 0.717) is 6.54 Å². The first-order chi connectivity index (χ1) is 10.4. The van der Waals surface area contributed by atoms with Crippen LogP contribution < -0.4 is 5.73 Å². The average molecular weight is 289 g/mol. The summed E-state index contributed by atoms with van der Waals surface area (Å²) < 4.78 is 2.69. The first-order valence-corrected chi connectivity index (χ1v) is 7.88. The minimum atomic E-state index is 0.589. The molecule has 3 aromatic carbocycles. The van der Waals surface area contributed by atoms with E-state index in [4.69, 9.17) is 5.73 Å². The molecule has 1 aromatic heterocycles. The van der Waals surface area contributed by atoms with Crippen LogP contribution in [0.5, 0.6) is 0 Å². The number of fused-ring (bicyclic) bond motifs is 3. The van der Waals surface area contributed by atoms with E-state index in [1.54, 1.807) is 0 Å². The fourth-order valence-corrected chi connectivity index (χ4v) is 3.97. The van der Waals surface area contributed by atoms with Gasteiger partial charge in [0, 0.05) is 26.7 Å². The summed E-state index contributed by atoms with van der Waals surface area (Å²) in [5.74, 6) is 0. The summed E-state index contributed by atoms with van der Waals surface area (Å²) in [7, 11) is 0. The molecule has 0 aliphatic heterocycles. The number of thiophene rings is 1. The molecule has 0 unspecified atom stereocenters. The smallest absolute Gasteiger partial charge is 0.0361 e. The van der Waals surface area contributed by atoms with Crippen LogP contribution in [0.3, 0.4) is 0 Å². The van der Waals surface area contributed by atoms with Crippen molar-refractivity contribution in [3.8, 4) is 11.1 Å². The van der Waals surface area contributed by atoms with Crippen molar-refractivity contribution in [2.75, 3.05) is 0 Å². The van der Waals surface area contributed by atoms with Crippen molar-refractivity contribution in [3.05, 3.63) is 72.3 Å². The van der Waals surface area contributed by atoms with E-state index in [2.05, 4.69) is 66.7 Å². The van der Waals surface area contributed by atoms with Gasteiger partial charge in [0.05, 0.1) is 0 Å². The summed E-state index contributed by atoms with van der Waals surface area (Å²) in [6.45, 7) is 0.589. The van der Waals surface area contributed by atoms with Gasteiger partial charge in [-0.2, -0.15) is 0 Å². The lowest BCUT2D eigenvalue weighted by Gasteiger charge is -2.06. The zero-order valence-corrected chi connectivity index (χ0v) is 12.4. The quantitative estimate of drug-likeness (QED) is 0.540. The van der Waals surface area contributed by atoms with Gasteiger partial charge in [0.25, 0.3) is 0 Å². The minimum absolute atomic E-state index is 0.589. The van der Waals surface area contributed by atoms with E-state index in [0.717, 1.165) is 0 Å². The monoisotopic (exact) mass is 289 g/mol. The Kier molecular flexibility index (Phi) is 2.99. The van der Waals surface area contributed by atoms with E-state index >= 15 is 0 Å².